The zero-order valence-corrected chi connectivity index (χ0v) is 8.94. The van der Waals surface area contributed by atoms with Crippen LogP contribution in [-0.4, -0.2) is 29.1 Å². The van der Waals surface area contributed by atoms with Crippen molar-refractivity contribution < 1.29 is 4.42 Å². The van der Waals surface area contributed by atoms with E-state index in [1.165, 1.54) is 12.8 Å². The van der Waals surface area contributed by atoms with E-state index in [1.54, 1.807) is 6.20 Å². The van der Waals surface area contributed by atoms with Crippen molar-refractivity contribution >= 4 is 17.2 Å². The van der Waals surface area contributed by atoms with Gasteiger partial charge in [-0.3, -0.25) is 0 Å². The summed E-state index contributed by atoms with van der Waals surface area (Å²) < 4.78 is 5.47. The highest BCUT2D eigenvalue weighted by molar-refractivity contribution is 5.69. The Kier molecular flexibility index (Phi) is 2.46. The second-order valence-corrected chi connectivity index (χ2v) is 4.02. The van der Waals surface area contributed by atoms with Gasteiger partial charge in [-0.15, -0.1) is 0 Å². The fourth-order valence-electron chi connectivity index (χ4n) is 1.99. The third-order valence-electron chi connectivity index (χ3n) is 2.83. The van der Waals surface area contributed by atoms with Crippen molar-refractivity contribution in [3.63, 3.8) is 0 Å². The summed E-state index contributed by atoms with van der Waals surface area (Å²) in [6.45, 7) is 1.97. The van der Waals surface area contributed by atoms with Gasteiger partial charge in [-0.1, -0.05) is 0 Å². The summed E-state index contributed by atoms with van der Waals surface area (Å²) in [5.41, 5.74) is 1.38. The molecule has 5 heteroatoms. The second-order valence-electron chi connectivity index (χ2n) is 4.02. The molecule has 0 amide bonds. The number of nitrogens with one attached hydrogen (secondary N) is 2. The van der Waals surface area contributed by atoms with E-state index in [9.17, 15) is 0 Å². The van der Waals surface area contributed by atoms with Gasteiger partial charge in [0.05, 0.1) is 0 Å². The molecule has 1 fully saturated rings. The maximum Gasteiger partial charge on any atom is 0.297 e. The van der Waals surface area contributed by atoms with Gasteiger partial charge < -0.3 is 15.1 Å². The van der Waals surface area contributed by atoms with Gasteiger partial charge in [0.25, 0.3) is 6.01 Å². The van der Waals surface area contributed by atoms with Crippen LogP contribution in [-0.2, 0) is 0 Å². The Hall–Kier alpha value is -1.62. The molecule has 5 nitrogen and oxygen atoms in total. The van der Waals surface area contributed by atoms with Gasteiger partial charge in [-0.25, -0.2) is 4.98 Å². The topological polar surface area (TPSA) is 63.0 Å². The van der Waals surface area contributed by atoms with E-state index in [1.807, 2.05) is 12.1 Å². The van der Waals surface area contributed by atoms with Gasteiger partial charge in [-0.2, -0.15) is 4.98 Å². The number of hydrogen-bond acceptors (Lipinski definition) is 5. The number of hydrogen-bond donors (Lipinski definition) is 2. The number of nitrogens with zero attached hydrogens (tertiary/aromatic N) is 2. The molecule has 1 unspecified atom stereocenters. The maximum absolute atomic E-state index is 5.47. The Bertz CT molecular complexity index is 443. The highest BCUT2D eigenvalue weighted by atomic mass is 16.4. The first kappa shape index (κ1) is 9.59. The molecule has 84 valence electrons. The summed E-state index contributed by atoms with van der Waals surface area (Å²) in [5, 5.41) is 6.61. The van der Waals surface area contributed by atoms with Gasteiger partial charge in [-0.05, 0) is 31.5 Å². The smallest absolute Gasteiger partial charge is 0.297 e. The van der Waals surface area contributed by atoms with E-state index in [-0.39, 0.29) is 0 Å². The first-order valence-electron chi connectivity index (χ1n) is 5.60. The van der Waals surface area contributed by atoms with Crippen molar-refractivity contribution in [2.24, 2.45) is 0 Å². The van der Waals surface area contributed by atoms with E-state index in [2.05, 4.69) is 20.6 Å². The van der Waals surface area contributed by atoms with Gasteiger partial charge >= 0.3 is 0 Å². The largest absolute Gasteiger partial charge is 0.404 e. The van der Waals surface area contributed by atoms with Crippen molar-refractivity contribution in [1.82, 2.24) is 15.3 Å². The van der Waals surface area contributed by atoms with Gasteiger partial charge in [0.1, 0.15) is 5.52 Å². The fraction of sp³-hybridized carbons (Fsp3) is 0.455. The number of rotatable bonds is 3. The average molecular weight is 218 g/mol. The van der Waals surface area contributed by atoms with Crippen LogP contribution in [0.4, 0.5) is 6.01 Å². The molecule has 0 aliphatic carbocycles. The normalized spacial score (nSPS) is 20.4. The maximum atomic E-state index is 5.47. The monoisotopic (exact) mass is 218 g/mol. The SMILES string of the molecule is c1cnc2oc(NCC3CCCN3)nc2c1. The minimum absolute atomic E-state index is 0.531. The van der Waals surface area contributed by atoms with Crippen molar-refractivity contribution in [3.8, 4) is 0 Å². The number of oxazole rings is 1. The van der Waals surface area contributed by atoms with Crippen molar-refractivity contribution in [1.29, 1.82) is 0 Å². The Morgan fingerprint density at radius 3 is 3.38 bits per heavy atom. The standard InChI is InChI=1S/C11H14N4O/c1-3-8(12-5-1)7-14-11-15-9-4-2-6-13-10(9)16-11/h2,4,6,8,12H,1,3,5,7H2,(H,14,15). The van der Waals surface area contributed by atoms with E-state index >= 15 is 0 Å². The Labute approximate surface area is 93.3 Å². The molecule has 2 N–H and O–H groups in total. The molecule has 0 bridgehead atoms. The Morgan fingerprint density at radius 1 is 1.56 bits per heavy atom. The molecule has 1 atom stereocenters. The van der Waals surface area contributed by atoms with Crippen LogP contribution < -0.4 is 10.6 Å². The molecule has 3 heterocycles. The summed E-state index contributed by atoms with van der Waals surface area (Å²) in [5.74, 6) is 0. The molecule has 1 aliphatic heterocycles. The van der Waals surface area contributed by atoms with E-state index in [0.717, 1.165) is 18.6 Å². The number of fused-ring (bicyclic) bond motifs is 1. The summed E-state index contributed by atoms with van der Waals surface area (Å²) in [6, 6.07) is 4.84. The number of pyridine rings is 1. The molecule has 16 heavy (non-hydrogen) atoms. The third kappa shape index (κ3) is 1.86. The van der Waals surface area contributed by atoms with Crippen LogP contribution in [0, 0.1) is 0 Å². The van der Waals surface area contributed by atoms with E-state index < -0.39 is 0 Å². The molecule has 1 saturated heterocycles. The number of anilines is 1. The quantitative estimate of drug-likeness (QED) is 0.815. The van der Waals surface area contributed by atoms with Crippen LogP contribution in [0.25, 0.3) is 11.2 Å². The van der Waals surface area contributed by atoms with Gasteiger partial charge in [0.2, 0.25) is 5.71 Å². The number of aromatic nitrogens is 2. The van der Waals surface area contributed by atoms with Crippen LogP contribution in [0.3, 0.4) is 0 Å². The zero-order valence-electron chi connectivity index (χ0n) is 8.94. The van der Waals surface area contributed by atoms with Crippen LogP contribution in [0.15, 0.2) is 22.7 Å². The minimum Gasteiger partial charge on any atom is -0.404 e. The predicted molar refractivity (Wildman–Crippen MR) is 61.3 cm³/mol. The third-order valence-corrected chi connectivity index (χ3v) is 2.83. The van der Waals surface area contributed by atoms with Gasteiger partial charge in [0, 0.05) is 18.8 Å². The Morgan fingerprint density at radius 2 is 2.56 bits per heavy atom. The van der Waals surface area contributed by atoms with E-state index in [0.29, 0.717) is 17.8 Å². The molecule has 0 radical (unpaired) electrons. The van der Waals surface area contributed by atoms with Crippen molar-refractivity contribution in [2.45, 2.75) is 18.9 Å². The highest BCUT2D eigenvalue weighted by Gasteiger charge is 2.14. The lowest BCUT2D eigenvalue weighted by molar-refractivity contribution is 0.579. The summed E-state index contributed by atoms with van der Waals surface area (Å²) in [4.78, 5) is 8.40. The van der Waals surface area contributed by atoms with Crippen LogP contribution in [0.5, 0.6) is 0 Å². The molecule has 0 spiro atoms. The molecule has 3 rings (SSSR count). The van der Waals surface area contributed by atoms with Crippen LogP contribution in [0.1, 0.15) is 12.8 Å². The molecular weight excluding hydrogens is 204 g/mol. The van der Waals surface area contributed by atoms with Gasteiger partial charge in [0.15, 0.2) is 0 Å². The first-order chi connectivity index (χ1) is 7.92. The molecule has 2 aromatic rings. The molecule has 1 aliphatic rings. The lowest BCUT2D eigenvalue weighted by Crippen LogP contribution is -2.29. The molecular formula is C11H14N4O. The molecule has 0 aromatic carbocycles. The first-order valence-corrected chi connectivity index (χ1v) is 5.60. The lowest BCUT2D eigenvalue weighted by atomic mass is 10.2. The predicted octanol–water partition coefficient (Wildman–Crippen LogP) is 1.39. The minimum atomic E-state index is 0.531. The highest BCUT2D eigenvalue weighted by Crippen LogP contribution is 2.16. The fourth-order valence-corrected chi connectivity index (χ4v) is 1.99. The van der Waals surface area contributed by atoms with E-state index in [4.69, 9.17) is 4.42 Å². The van der Waals surface area contributed by atoms with Crippen LogP contribution in [0.2, 0.25) is 0 Å². The summed E-state index contributed by atoms with van der Waals surface area (Å²) >= 11 is 0. The zero-order chi connectivity index (χ0) is 10.8. The summed E-state index contributed by atoms with van der Waals surface area (Å²) in [7, 11) is 0. The lowest BCUT2D eigenvalue weighted by Gasteiger charge is -2.08. The van der Waals surface area contributed by atoms with Crippen molar-refractivity contribution in [3.05, 3.63) is 18.3 Å². The molecule has 0 saturated carbocycles. The van der Waals surface area contributed by atoms with Crippen LogP contribution >= 0.6 is 0 Å². The van der Waals surface area contributed by atoms with Crippen molar-refractivity contribution in [2.75, 3.05) is 18.4 Å². The molecule has 2 aromatic heterocycles. The summed E-state index contributed by atoms with van der Waals surface area (Å²) in [6.07, 6.45) is 4.17. The second kappa shape index (κ2) is 4.09. The Balaban J connectivity index is 1.69. The average Bonchev–Trinajstić information content (AvgIpc) is 2.95.